The van der Waals surface area contributed by atoms with E-state index < -0.39 is 20.8 Å². The van der Waals surface area contributed by atoms with Crippen LogP contribution in [-0.4, -0.2) is 13.0 Å². The molecule has 4 aromatic rings. The summed E-state index contributed by atoms with van der Waals surface area (Å²) in [5.74, 6) is -0.572. The molecule has 206 valence electrons. The van der Waals surface area contributed by atoms with Crippen LogP contribution in [0.5, 0.6) is 0 Å². The van der Waals surface area contributed by atoms with Crippen LogP contribution in [0.25, 0.3) is 0 Å². The summed E-state index contributed by atoms with van der Waals surface area (Å²) in [6.07, 6.45) is 7.08. The SMILES string of the molecule is CCCc1cc(CCC)c([S+](c2ccccc2)c2ccccc2)c(CCC)c1.O=S(=O)([O-])c1ccc(F)cc1. The third kappa shape index (κ3) is 8.79. The molecular formula is C33H37FO3S2. The highest BCUT2D eigenvalue weighted by Crippen LogP contribution is 2.37. The molecule has 39 heavy (non-hydrogen) atoms. The summed E-state index contributed by atoms with van der Waals surface area (Å²) < 4.78 is 43.0. The van der Waals surface area contributed by atoms with Crippen molar-refractivity contribution in [3.8, 4) is 0 Å². The van der Waals surface area contributed by atoms with Gasteiger partial charge in [0.25, 0.3) is 0 Å². The molecule has 0 amide bonds. The van der Waals surface area contributed by atoms with Gasteiger partial charge in [-0.05, 0) is 73.4 Å². The number of hydrogen-bond donors (Lipinski definition) is 0. The standard InChI is InChI=1S/C27H33S.C6H5FO3S/c1-4-13-22-20-23(14-5-2)27(24(21-22)15-6-3)28(25-16-9-7-10-17-25)26-18-11-8-12-19-26;7-5-1-3-6(4-2-5)11(8,9)10/h7-12,16-21H,4-6,13-15H2,1-3H3;1-4H,(H,8,9,10)/q+1;/p-1. The van der Waals surface area contributed by atoms with E-state index in [0.717, 1.165) is 37.1 Å². The van der Waals surface area contributed by atoms with E-state index in [4.69, 9.17) is 0 Å². The zero-order chi connectivity index (χ0) is 28.3. The van der Waals surface area contributed by atoms with Crippen molar-refractivity contribution in [1.82, 2.24) is 0 Å². The van der Waals surface area contributed by atoms with Crippen molar-refractivity contribution < 1.29 is 17.4 Å². The lowest BCUT2D eigenvalue weighted by atomic mass is 9.97. The van der Waals surface area contributed by atoms with E-state index >= 15 is 0 Å². The Bertz CT molecular complexity index is 1340. The maximum Gasteiger partial charge on any atom is 0.172 e. The number of benzene rings is 4. The Morgan fingerprint density at radius 3 is 1.49 bits per heavy atom. The molecule has 0 bridgehead atoms. The van der Waals surface area contributed by atoms with Gasteiger partial charge >= 0.3 is 0 Å². The van der Waals surface area contributed by atoms with E-state index in [-0.39, 0.29) is 10.9 Å². The van der Waals surface area contributed by atoms with E-state index in [9.17, 15) is 17.4 Å². The predicted octanol–water partition coefficient (Wildman–Crippen LogP) is 8.37. The second-order valence-electron chi connectivity index (χ2n) is 9.33. The minimum Gasteiger partial charge on any atom is -0.744 e. The predicted molar refractivity (Wildman–Crippen MR) is 158 cm³/mol. The molecule has 0 unspecified atom stereocenters. The van der Waals surface area contributed by atoms with Crippen molar-refractivity contribution >= 4 is 21.0 Å². The fraction of sp³-hybridized carbons (Fsp3) is 0.273. The summed E-state index contributed by atoms with van der Waals surface area (Å²) in [7, 11) is -4.49. The molecule has 4 rings (SSSR count). The smallest absolute Gasteiger partial charge is 0.172 e. The Morgan fingerprint density at radius 1 is 0.667 bits per heavy atom. The molecule has 0 radical (unpaired) electrons. The second kappa shape index (κ2) is 15.0. The Labute approximate surface area is 236 Å². The van der Waals surface area contributed by atoms with Crippen LogP contribution >= 0.6 is 0 Å². The normalized spacial score (nSPS) is 11.2. The van der Waals surface area contributed by atoms with Crippen LogP contribution in [-0.2, 0) is 40.3 Å². The average Bonchev–Trinajstić information content (AvgIpc) is 2.92. The summed E-state index contributed by atoms with van der Waals surface area (Å²) in [4.78, 5) is 4.01. The van der Waals surface area contributed by atoms with Crippen molar-refractivity contribution in [3.05, 3.63) is 120 Å². The minimum absolute atomic E-state index is 0.0529. The van der Waals surface area contributed by atoms with Gasteiger partial charge in [-0.15, -0.1) is 0 Å². The molecule has 0 aromatic heterocycles. The van der Waals surface area contributed by atoms with Crippen molar-refractivity contribution in [3.63, 3.8) is 0 Å². The lowest BCUT2D eigenvalue weighted by Gasteiger charge is -2.17. The molecule has 3 nitrogen and oxygen atoms in total. The first-order valence-electron chi connectivity index (χ1n) is 13.5. The highest BCUT2D eigenvalue weighted by atomic mass is 32.2. The summed E-state index contributed by atoms with van der Waals surface area (Å²) in [6, 6.07) is 30.9. The molecule has 0 saturated heterocycles. The largest absolute Gasteiger partial charge is 0.744 e. The molecule has 0 spiro atoms. The Kier molecular flexibility index (Phi) is 11.8. The van der Waals surface area contributed by atoms with Crippen LogP contribution in [0.3, 0.4) is 0 Å². The van der Waals surface area contributed by atoms with Gasteiger partial charge < -0.3 is 4.55 Å². The van der Waals surface area contributed by atoms with Crippen molar-refractivity contribution in [2.24, 2.45) is 0 Å². The third-order valence-corrected chi connectivity index (χ3v) is 9.41. The van der Waals surface area contributed by atoms with E-state index in [2.05, 4.69) is 93.6 Å². The minimum atomic E-state index is -4.44. The number of aryl methyl sites for hydroxylation is 3. The maximum atomic E-state index is 12.2. The van der Waals surface area contributed by atoms with E-state index in [0.29, 0.717) is 0 Å². The zero-order valence-electron chi connectivity index (χ0n) is 22.9. The molecule has 0 aliphatic rings. The summed E-state index contributed by atoms with van der Waals surface area (Å²) in [6.45, 7) is 6.89. The first-order chi connectivity index (χ1) is 18.8. The van der Waals surface area contributed by atoms with Gasteiger partial charge in [-0.1, -0.05) is 88.6 Å². The van der Waals surface area contributed by atoms with Gasteiger partial charge in [0, 0.05) is 11.1 Å². The number of halogens is 1. The first-order valence-corrected chi connectivity index (χ1v) is 16.1. The Morgan fingerprint density at radius 2 is 1.10 bits per heavy atom. The zero-order valence-corrected chi connectivity index (χ0v) is 24.5. The van der Waals surface area contributed by atoms with Gasteiger partial charge in [0.05, 0.1) is 15.8 Å². The second-order valence-corrected chi connectivity index (χ2v) is 12.7. The molecule has 0 aliphatic carbocycles. The fourth-order valence-corrected chi connectivity index (χ4v) is 7.44. The third-order valence-electron chi connectivity index (χ3n) is 6.14. The van der Waals surface area contributed by atoms with Crippen LogP contribution in [0.2, 0.25) is 0 Å². The Balaban J connectivity index is 0.000000320. The van der Waals surface area contributed by atoms with E-state index in [1.165, 1.54) is 41.0 Å². The molecule has 0 atom stereocenters. The van der Waals surface area contributed by atoms with Gasteiger partial charge in [0.2, 0.25) is 0 Å². The number of hydrogen-bond acceptors (Lipinski definition) is 3. The van der Waals surface area contributed by atoms with Gasteiger partial charge in [-0.3, -0.25) is 0 Å². The van der Waals surface area contributed by atoms with Crippen molar-refractivity contribution in [2.45, 2.75) is 78.9 Å². The van der Waals surface area contributed by atoms with Crippen LogP contribution in [0.1, 0.15) is 56.7 Å². The number of rotatable bonds is 10. The van der Waals surface area contributed by atoms with Gasteiger partial charge in [-0.25, -0.2) is 12.8 Å². The average molecular weight is 565 g/mol. The monoisotopic (exact) mass is 564 g/mol. The van der Waals surface area contributed by atoms with Crippen LogP contribution in [0, 0.1) is 5.82 Å². The van der Waals surface area contributed by atoms with Gasteiger partial charge in [0.15, 0.2) is 14.7 Å². The molecule has 0 N–H and O–H groups in total. The molecule has 0 saturated carbocycles. The van der Waals surface area contributed by atoms with Gasteiger partial charge in [0.1, 0.15) is 15.9 Å². The van der Waals surface area contributed by atoms with E-state index in [1.807, 2.05) is 0 Å². The van der Waals surface area contributed by atoms with Crippen molar-refractivity contribution in [2.75, 3.05) is 0 Å². The van der Waals surface area contributed by atoms with Gasteiger partial charge in [-0.2, -0.15) is 0 Å². The molecule has 0 fully saturated rings. The van der Waals surface area contributed by atoms with Crippen LogP contribution in [0.4, 0.5) is 4.39 Å². The molecule has 0 heterocycles. The maximum absolute atomic E-state index is 12.2. The molecular weight excluding hydrogens is 527 g/mol. The molecule has 4 aromatic carbocycles. The van der Waals surface area contributed by atoms with Crippen LogP contribution < -0.4 is 0 Å². The first kappa shape index (κ1) is 30.6. The van der Waals surface area contributed by atoms with Crippen molar-refractivity contribution in [1.29, 1.82) is 0 Å². The molecule has 6 heteroatoms. The summed E-state index contributed by atoms with van der Waals surface area (Å²) in [5, 5.41) is 0. The summed E-state index contributed by atoms with van der Waals surface area (Å²) in [5.41, 5.74) is 4.64. The highest BCUT2D eigenvalue weighted by molar-refractivity contribution is 7.97. The quantitative estimate of drug-likeness (QED) is 0.144. The highest BCUT2D eigenvalue weighted by Gasteiger charge is 2.33. The molecule has 0 aliphatic heterocycles. The Hall–Kier alpha value is -2.93. The van der Waals surface area contributed by atoms with Crippen LogP contribution in [0.15, 0.2) is 117 Å². The fourth-order valence-electron chi connectivity index (χ4n) is 4.52. The lowest BCUT2D eigenvalue weighted by molar-refractivity contribution is 0.463. The summed E-state index contributed by atoms with van der Waals surface area (Å²) >= 11 is 0. The topological polar surface area (TPSA) is 57.2 Å². The van der Waals surface area contributed by atoms with E-state index in [1.54, 1.807) is 16.0 Å². The lowest BCUT2D eigenvalue weighted by Crippen LogP contribution is -2.12.